The monoisotopic (exact) mass is 1300 g/mol. The van der Waals surface area contributed by atoms with Crippen molar-refractivity contribution in [2.75, 3.05) is 23.9 Å². The molecule has 38 heteroatoms. The van der Waals surface area contributed by atoms with Crippen LogP contribution in [0.25, 0.3) is 37.7 Å². The van der Waals surface area contributed by atoms with Gasteiger partial charge < -0.3 is 9.84 Å². The first-order valence-electron chi connectivity index (χ1n) is 22.9. The summed E-state index contributed by atoms with van der Waals surface area (Å²) in [6.45, 7) is 5.82. The van der Waals surface area contributed by atoms with Crippen LogP contribution in [0.2, 0.25) is 0 Å². The van der Waals surface area contributed by atoms with Gasteiger partial charge in [0.05, 0.1) is 60.7 Å². The molecule has 0 saturated heterocycles. The van der Waals surface area contributed by atoms with E-state index < -0.39 is 93.3 Å². The van der Waals surface area contributed by atoms with Gasteiger partial charge in [-0.2, -0.15) is 52.5 Å². The Morgan fingerprint density at radius 3 is 1.87 bits per heavy atom. The fourth-order valence-corrected chi connectivity index (χ4v) is 13.0. The van der Waals surface area contributed by atoms with E-state index in [4.69, 9.17) is 17.4 Å². The molecule has 0 saturated carbocycles. The van der Waals surface area contributed by atoms with E-state index in [-0.39, 0.29) is 119 Å². The molecule has 30 nitrogen and oxygen atoms in total. The van der Waals surface area contributed by atoms with Gasteiger partial charge in [0.2, 0.25) is 11.0 Å². The average molecular weight is 1300 g/mol. The maximum absolute atomic E-state index is 12.5. The van der Waals surface area contributed by atoms with Crippen LogP contribution in [-0.4, -0.2) is 121 Å². The summed E-state index contributed by atoms with van der Waals surface area (Å²) < 4.78 is 200. The molecule has 0 atom stereocenters. The number of aromatic nitrogens is 3. The number of benzene rings is 5. The van der Waals surface area contributed by atoms with Gasteiger partial charge in [0.1, 0.15) is 33.5 Å². The van der Waals surface area contributed by atoms with Crippen molar-refractivity contribution in [3.8, 4) is 17.7 Å². The Balaban J connectivity index is 0.00000240. The summed E-state index contributed by atoms with van der Waals surface area (Å²) in [5.41, 5.74) is 1.23. The van der Waals surface area contributed by atoms with E-state index in [0.717, 1.165) is 51.8 Å². The number of aromatic hydroxyl groups is 1. The van der Waals surface area contributed by atoms with Crippen molar-refractivity contribution in [3.63, 3.8) is 0 Å². The van der Waals surface area contributed by atoms with E-state index in [9.17, 15) is 75.2 Å². The summed E-state index contributed by atoms with van der Waals surface area (Å²) in [7, 11) is -26.1. The number of thioether (sulfide) groups is 1. The van der Waals surface area contributed by atoms with Crippen LogP contribution in [0, 0.1) is 39.0 Å². The Kier molecular flexibility index (Phi) is 18.6. The van der Waals surface area contributed by atoms with Crippen LogP contribution in [0.5, 0.6) is 11.6 Å². The van der Waals surface area contributed by atoms with Gasteiger partial charge >= 0.3 is 10.6 Å². The van der Waals surface area contributed by atoms with Gasteiger partial charge in [0.25, 0.3) is 50.6 Å². The SMILES string of the molecule is Cc1cc(N=Nc2cc(OCCCS(=O)(=O)O)c(N=Nc3c(C)c(C#N)c4nc5c(C)c(S(=O)(=O)O)ccc5n4c3O)cc2C)c(SCCCS(=O)(=O)O)cc1N=Nc1nc2c(S(=O)(=O)O)cc3ccc(S(=O)(=O)O)cc3c2s1.O=S(=O)=O. The number of hydrogen-bond donors (Lipinski definition) is 6. The van der Waals surface area contributed by atoms with Crippen molar-refractivity contribution in [1.29, 1.82) is 5.26 Å². The van der Waals surface area contributed by atoms with Gasteiger partial charge in [-0.1, -0.05) is 17.4 Å². The van der Waals surface area contributed by atoms with Crippen molar-refractivity contribution >= 4 is 156 Å². The van der Waals surface area contributed by atoms with Crippen molar-refractivity contribution in [2.24, 2.45) is 30.7 Å². The molecular formula is C45H40N10O20S8. The lowest BCUT2D eigenvalue weighted by Crippen LogP contribution is -2.08. The smallest absolute Gasteiger partial charge is 0.425 e. The number of ether oxygens (including phenoxy) is 1. The van der Waals surface area contributed by atoms with Gasteiger partial charge in [-0.05, 0) is 117 Å². The average Bonchev–Trinajstić information content (AvgIpc) is 2.68. The minimum atomic E-state index is -4.88. The van der Waals surface area contributed by atoms with E-state index >= 15 is 0 Å². The lowest BCUT2D eigenvalue weighted by Gasteiger charge is -2.12. The van der Waals surface area contributed by atoms with E-state index in [0.29, 0.717) is 16.0 Å². The molecule has 5 aromatic carbocycles. The molecule has 6 N–H and O–H groups in total. The zero-order chi connectivity index (χ0) is 61.3. The maximum Gasteiger partial charge on any atom is 0.425 e. The van der Waals surface area contributed by atoms with Crippen LogP contribution in [0.3, 0.4) is 0 Å². The van der Waals surface area contributed by atoms with Crippen molar-refractivity contribution in [2.45, 2.75) is 60.1 Å². The third-order valence-electron chi connectivity index (χ3n) is 11.7. The van der Waals surface area contributed by atoms with Gasteiger partial charge in [0.15, 0.2) is 11.3 Å². The molecule has 0 bridgehead atoms. The number of imidazole rings is 1. The highest BCUT2D eigenvalue weighted by atomic mass is 32.2. The molecule has 438 valence electrons. The maximum atomic E-state index is 12.5. The summed E-state index contributed by atoms with van der Waals surface area (Å²) in [6.07, 6.45) is -0.193. The first-order chi connectivity index (χ1) is 38.6. The minimum Gasteiger partial charge on any atom is -0.493 e. The lowest BCUT2D eigenvalue weighted by molar-refractivity contribution is 0.317. The molecule has 0 aliphatic rings. The van der Waals surface area contributed by atoms with Gasteiger partial charge in [-0.15, -0.1) is 50.0 Å². The lowest BCUT2D eigenvalue weighted by atomic mass is 10.1. The van der Waals surface area contributed by atoms with Gasteiger partial charge in [0, 0.05) is 21.9 Å². The van der Waals surface area contributed by atoms with Gasteiger partial charge in [-0.25, -0.2) is 9.97 Å². The number of nitrogens with zero attached hydrogens (tertiary/aromatic N) is 10. The van der Waals surface area contributed by atoms with Crippen molar-refractivity contribution in [1.82, 2.24) is 14.4 Å². The zero-order valence-corrected chi connectivity index (χ0v) is 49.2. The highest BCUT2D eigenvalue weighted by Crippen LogP contribution is 2.44. The summed E-state index contributed by atoms with van der Waals surface area (Å²) in [6, 6.07) is 14.8. The van der Waals surface area contributed by atoms with Crippen LogP contribution in [0.4, 0.5) is 33.6 Å². The molecule has 0 radical (unpaired) electrons. The Labute approximate surface area is 480 Å². The number of hydrogen-bond acceptors (Lipinski definition) is 26. The molecular weight excluding hydrogens is 1260 g/mol. The second kappa shape index (κ2) is 24.4. The fraction of sp³-hybridized carbons (Fsp3) is 0.222. The standard InChI is InChI=1S/C45H40N10O17S7.O3S/c1-22-15-32(51-53-40-24(3)29(21-46)43-47-39-25(4)37(78(66,67)68)10-9-34(39)55(43)44(40)56)35(72-11-5-13-75(57,58)59)19-30(22)49-52-33-16-23(2)31(20-36(33)73-12-6-14-76(60,61)62)50-54-45-48-41-38(79(69,70)71)17-26-7-8-27(77(63,64)65)18-28(26)42(41)74-45;1-4(2)3/h7-10,15-20,56H,5-6,11-14H2,1-4H3,(H,57,58,59)(H,60,61,62)(H,63,64,65)(H,66,67,68)(H,69,70,71);. The van der Waals surface area contributed by atoms with Crippen LogP contribution in [-0.2, 0) is 61.2 Å². The van der Waals surface area contributed by atoms with Crippen molar-refractivity contribution < 1.29 is 87.3 Å². The van der Waals surface area contributed by atoms with E-state index in [2.05, 4.69) is 40.7 Å². The molecule has 0 aliphatic carbocycles. The molecule has 8 aromatic rings. The molecule has 0 spiro atoms. The highest BCUT2D eigenvalue weighted by molar-refractivity contribution is 7.99. The Hall–Kier alpha value is -7.39. The van der Waals surface area contributed by atoms with Crippen LogP contribution < -0.4 is 4.74 Å². The number of thiazole rings is 1. The Morgan fingerprint density at radius 1 is 0.663 bits per heavy atom. The molecule has 0 unspecified atom stereocenters. The van der Waals surface area contributed by atoms with E-state index in [1.54, 1.807) is 19.9 Å². The number of nitriles is 1. The molecule has 3 heterocycles. The Morgan fingerprint density at radius 2 is 1.25 bits per heavy atom. The quantitative estimate of drug-likeness (QED) is 0.0190. The molecule has 8 rings (SSSR count). The number of fused-ring (bicyclic) bond motifs is 6. The summed E-state index contributed by atoms with van der Waals surface area (Å²) in [4.78, 5) is 7.51. The Bertz CT molecular complexity index is 4870. The van der Waals surface area contributed by atoms with Crippen LogP contribution in [0.15, 0.2) is 111 Å². The van der Waals surface area contributed by atoms with Crippen LogP contribution in [0.1, 0.15) is 40.7 Å². The van der Waals surface area contributed by atoms with E-state index in [1.807, 2.05) is 6.07 Å². The topological polar surface area (TPSA) is 481 Å². The first-order valence-corrected chi connectivity index (χ1v) is 33.2. The zero-order valence-electron chi connectivity index (χ0n) is 42.7. The summed E-state index contributed by atoms with van der Waals surface area (Å²) in [5, 5.41) is 48.2. The third-order valence-corrected chi connectivity index (χ3v) is 18.1. The van der Waals surface area contributed by atoms with E-state index in [1.165, 1.54) is 44.2 Å². The molecule has 0 aliphatic heterocycles. The van der Waals surface area contributed by atoms with Crippen molar-refractivity contribution in [3.05, 3.63) is 88.5 Å². The fourth-order valence-electron chi connectivity index (χ4n) is 7.94. The molecule has 0 fully saturated rings. The number of aryl methyl sites for hydroxylation is 3. The number of azo groups is 3. The predicted molar refractivity (Wildman–Crippen MR) is 298 cm³/mol. The predicted octanol–water partition coefficient (Wildman–Crippen LogP) is 9.07. The number of rotatable bonds is 19. The highest BCUT2D eigenvalue weighted by Gasteiger charge is 2.26. The molecule has 83 heavy (non-hydrogen) atoms. The number of pyridine rings is 1. The molecule has 0 amide bonds. The second-order valence-electron chi connectivity index (χ2n) is 17.5. The second-order valence-corrected chi connectivity index (χ2v) is 27.3. The molecule has 3 aromatic heterocycles. The first kappa shape index (κ1) is 63.2. The minimum absolute atomic E-state index is 0.00357. The van der Waals surface area contributed by atoms with Crippen LogP contribution >= 0.6 is 23.1 Å². The summed E-state index contributed by atoms with van der Waals surface area (Å²) >= 11 is 1.91. The third kappa shape index (κ3) is 15.1. The normalized spacial score (nSPS) is 12.8. The summed E-state index contributed by atoms with van der Waals surface area (Å²) in [5.74, 6) is -1.70. The largest absolute Gasteiger partial charge is 0.493 e. The van der Waals surface area contributed by atoms with Gasteiger partial charge in [-0.3, -0.25) is 27.2 Å².